The summed E-state index contributed by atoms with van der Waals surface area (Å²) in [5.74, 6) is 1.48. The maximum Gasteiger partial charge on any atom is 0.224 e. The van der Waals surface area contributed by atoms with E-state index in [0.717, 1.165) is 24.5 Å². The lowest BCUT2D eigenvalue weighted by Gasteiger charge is -2.08. The fourth-order valence-electron chi connectivity index (χ4n) is 1.80. The quantitative estimate of drug-likeness (QED) is 0.722. The predicted octanol–water partition coefficient (Wildman–Crippen LogP) is 3.09. The van der Waals surface area contributed by atoms with Crippen LogP contribution in [-0.2, 0) is 6.54 Å². The van der Waals surface area contributed by atoms with Crippen LogP contribution in [0.3, 0.4) is 0 Å². The standard InChI is InChI=1S/C15H21N5/c1-2-3-5-10-17-15-18-11-8-14(20-15)19-12-13-7-4-6-9-16-13/h4,6-9,11H,2-3,5,10,12H2,1H3,(H2,17,18,19,20). The number of anilines is 2. The highest BCUT2D eigenvalue weighted by Gasteiger charge is 1.99. The number of hydrogen-bond acceptors (Lipinski definition) is 5. The number of unbranched alkanes of at least 4 members (excludes halogenated alkanes) is 2. The molecule has 0 spiro atoms. The Hall–Kier alpha value is -2.17. The van der Waals surface area contributed by atoms with Gasteiger partial charge in [-0.15, -0.1) is 0 Å². The van der Waals surface area contributed by atoms with Gasteiger partial charge in [-0.1, -0.05) is 25.8 Å². The van der Waals surface area contributed by atoms with Gasteiger partial charge in [-0.2, -0.15) is 4.98 Å². The van der Waals surface area contributed by atoms with Crippen molar-refractivity contribution in [2.45, 2.75) is 32.7 Å². The summed E-state index contributed by atoms with van der Waals surface area (Å²) in [6.45, 7) is 3.77. The molecule has 2 N–H and O–H groups in total. The van der Waals surface area contributed by atoms with Gasteiger partial charge in [0.1, 0.15) is 5.82 Å². The molecule has 2 aromatic rings. The van der Waals surface area contributed by atoms with Crippen LogP contribution in [0.15, 0.2) is 36.7 Å². The van der Waals surface area contributed by atoms with Crippen LogP contribution in [0.4, 0.5) is 11.8 Å². The Morgan fingerprint density at radius 1 is 1.00 bits per heavy atom. The Morgan fingerprint density at radius 2 is 1.95 bits per heavy atom. The molecule has 0 bridgehead atoms. The average molecular weight is 271 g/mol. The van der Waals surface area contributed by atoms with Crippen molar-refractivity contribution in [3.05, 3.63) is 42.4 Å². The number of hydrogen-bond donors (Lipinski definition) is 2. The van der Waals surface area contributed by atoms with Crippen LogP contribution in [0, 0.1) is 0 Å². The van der Waals surface area contributed by atoms with Crippen molar-refractivity contribution in [1.29, 1.82) is 0 Å². The largest absolute Gasteiger partial charge is 0.364 e. The minimum absolute atomic E-state index is 0.660. The van der Waals surface area contributed by atoms with Gasteiger partial charge in [0.15, 0.2) is 0 Å². The van der Waals surface area contributed by atoms with Crippen molar-refractivity contribution < 1.29 is 0 Å². The predicted molar refractivity (Wildman–Crippen MR) is 81.6 cm³/mol. The first kappa shape index (κ1) is 14.2. The lowest BCUT2D eigenvalue weighted by molar-refractivity contribution is 0.740. The maximum absolute atomic E-state index is 4.42. The fraction of sp³-hybridized carbons (Fsp3) is 0.400. The van der Waals surface area contributed by atoms with Crippen molar-refractivity contribution in [2.75, 3.05) is 17.2 Å². The molecule has 5 heteroatoms. The minimum Gasteiger partial charge on any atom is -0.364 e. The van der Waals surface area contributed by atoms with Gasteiger partial charge in [0, 0.05) is 18.9 Å². The van der Waals surface area contributed by atoms with Gasteiger partial charge in [0.2, 0.25) is 5.95 Å². The zero-order valence-corrected chi connectivity index (χ0v) is 11.8. The minimum atomic E-state index is 0.660. The molecular weight excluding hydrogens is 250 g/mol. The number of nitrogens with one attached hydrogen (secondary N) is 2. The lowest BCUT2D eigenvalue weighted by Crippen LogP contribution is -2.08. The van der Waals surface area contributed by atoms with E-state index < -0.39 is 0 Å². The normalized spacial score (nSPS) is 10.2. The molecule has 0 aromatic carbocycles. The molecule has 2 heterocycles. The maximum atomic E-state index is 4.42. The molecule has 0 fully saturated rings. The Kier molecular flexibility index (Phi) is 5.76. The molecule has 0 radical (unpaired) electrons. The lowest BCUT2D eigenvalue weighted by atomic mass is 10.2. The second-order valence-corrected chi connectivity index (χ2v) is 4.57. The van der Waals surface area contributed by atoms with Crippen LogP contribution in [0.2, 0.25) is 0 Å². The number of aromatic nitrogens is 3. The van der Waals surface area contributed by atoms with Gasteiger partial charge in [-0.05, 0) is 24.6 Å². The van der Waals surface area contributed by atoms with E-state index in [0.29, 0.717) is 12.5 Å². The van der Waals surface area contributed by atoms with E-state index >= 15 is 0 Å². The summed E-state index contributed by atoms with van der Waals surface area (Å²) < 4.78 is 0. The van der Waals surface area contributed by atoms with E-state index in [1.165, 1.54) is 12.8 Å². The summed E-state index contributed by atoms with van der Waals surface area (Å²) in [6, 6.07) is 7.73. The van der Waals surface area contributed by atoms with Crippen molar-refractivity contribution in [2.24, 2.45) is 0 Å². The first-order valence-electron chi connectivity index (χ1n) is 7.09. The van der Waals surface area contributed by atoms with Crippen molar-refractivity contribution in [3.8, 4) is 0 Å². The van der Waals surface area contributed by atoms with Gasteiger partial charge in [0.05, 0.1) is 12.2 Å². The van der Waals surface area contributed by atoms with Gasteiger partial charge in [0.25, 0.3) is 0 Å². The molecule has 0 atom stereocenters. The molecular formula is C15H21N5. The van der Waals surface area contributed by atoms with Crippen LogP contribution >= 0.6 is 0 Å². The van der Waals surface area contributed by atoms with E-state index in [1.807, 2.05) is 24.3 Å². The molecule has 0 aliphatic heterocycles. The highest BCUT2D eigenvalue weighted by atomic mass is 15.1. The molecule has 0 aliphatic carbocycles. The number of rotatable bonds is 8. The van der Waals surface area contributed by atoms with Crippen LogP contribution < -0.4 is 10.6 Å². The smallest absolute Gasteiger partial charge is 0.224 e. The van der Waals surface area contributed by atoms with Crippen LogP contribution in [-0.4, -0.2) is 21.5 Å². The summed E-state index contributed by atoms with van der Waals surface area (Å²) in [4.78, 5) is 12.9. The summed E-state index contributed by atoms with van der Waals surface area (Å²) >= 11 is 0. The van der Waals surface area contributed by atoms with Crippen molar-refractivity contribution >= 4 is 11.8 Å². The topological polar surface area (TPSA) is 62.7 Å². The second kappa shape index (κ2) is 8.09. The zero-order valence-electron chi connectivity index (χ0n) is 11.8. The van der Waals surface area contributed by atoms with Gasteiger partial charge in [-0.25, -0.2) is 4.98 Å². The summed E-state index contributed by atoms with van der Waals surface area (Å²) in [7, 11) is 0. The van der Waals surface area contributed by atoms with Crippen LogP contribution in [0.1, 0.15) is 31.9 Å². The molecule has 2 rings (SSSR count). The average Bonchev–Trinajstić information content (AvgIpc) is 2.51. The highest BCUT2D eigenvalue weighted by molar-refractivity contribution is 5.39. The third-order valence-electron chi connectivity index (χ3n) is 2.90. The molecule has 5 nitrogen and oxygen atoms in total. The summed E-state index contributed by atoms with van der Waals surface area (Å²) in [5, 5.41) is 6.49. The molecule has 0 aliphatic rings. The molecule has 0 saturated carbocycles. The fourth-order valence-corrected chi connectivity index (χ4v) is 1.80. The number of pyridine rings is 1. The van der Waals surface area contributed by atoms with E-state index in [4.69, 9.17) is 0 Å². The SMILES string of the molecule is CCCCCNc1nccc(NCc2ccccn2)n1. The summed E-state index contributed by atoms with van der Waals surface area (Å²) in [5.41, 5.74) is 0.989. The van der Waals surface area contributed by atoms with Gasteiger partial charge >= 0.3 is 0 Å². The third kappa shape index (κ3) is 4.84. The van der Waals surface area contributed by atoms with Crippen LogP contribution in [0.25, 0.3) is 0 Å². The first-order chi connectivity index (χ1) is 9.88. The Labute approximate surface area is 119 Å². The Morgan fingerprint density at radius 3 is 2.75 bits per heavy atom. The zero-order chi connectivity index (χ0) is 14.0. The first-order valence-corrected chi connectivity index (χ1v) is 7.09. The van der Waals surface area contributed by atoms with E-state index in [9.17, 15) is 0 Å². The van der Waals surface area contributed by atoms with E-state index in [-0.39, 0.29) is 0 Å². The van der Waals surface area contributed by atoms with E-state index in [1.54, 1.807) is 12.4 Å². The Bertz CT molecular complexity index is 501. The monoisotopic (exact) mass is 271 g/mol. The van der Waals surface area contributed by atoms with Gasteiger partial charge in [-0.3, -0.25) is 4.98 Å². The third-order valence-corrected chi connectivity index (χ3v) is 2.90. The molecule has 2 aromatic heterocycles. The molecule has 0 amide bonds. The van der Waals surface area contributed by atoms with Crippen molar-refractivity contribution in [3.63, 3.8) is 0 Å². The van der Waals surface area contributed by atoms with Gasteiger partial charge < -0.3 is 10.6 Å². The summed E-state index contributed by atoms with van der Waals surface area (Å²) in [6.07, 6.45) is 7.14. The highest BCUT2D eigenvalue weighted by Crippen LogP contribution is 2.07. The second-order valence-electron chi connectivity index (χ2n) is 4.57. The van der Waals surface area contributed by atoms with E-state index in [2.05, 4.69) is 32.5 Å². The van der Waals surface area contributed by atoms with Crippen LogP contribution in [0.5, 0.6) is 0 Å². The number of nitrogens with zero attached hydrogens (tertiary/aromatic N) is 3. The van der Waals surface area contributed by atoms with Crippen molar-refractivity contribution in [1.82, 2.24) is 15.0 Å². The Balaban J connectivity index is 1.83. The molecule has 106 valence electrons. The molecule has 0 saturated heterocycles. The molecule has 20 heavy (non-hydrogen) atoms. The molecule has 0 unspecified atom stereocenters.